The largest absolute Gasteiger partial charge is 0.540 e. The van der Waals surface area contributed by atoms with Gasteiger partial charge in [0.05, 0.1) is 17.9 Å². The van der Waals surface area contributed by atoms with Crippen LogP contribution in [-0.2, 0) is 29.2 Å². The van der Waals surface area contributed by atoms with Gasteiger partial charge in [-0.05, 0) is 36.6 Å². The van der Waals surface area contributed by atoms with E-state index in [2.05, 4.69) is 14.8 Å². The number of hydrogen-bond acceptors (Lipinski definition) is 7. The third-order valence-electron chi connectivity index (χ3n) is 4.98. The van der Waals surface area contributed by atoms with Crippen LogP contribution in [0.2, 0.25) is 0 Å². The van der Waals surface area contributed by atoms with Crippen molar-refractivity contribution in [2.75, 3.05) is 6.61 Å². The van der Waals surface area contributed by atoms with Crippen LogP contribution in [0.25, 0.3) is 0 Å². The fourth-order valence-electron chi connectivity index (χ4n) is 3.85. The second-order valence-corrected chi connectivity index (χ2v) is 6.51. The van der Waals surface area contributed by atoms with E-state index in [9.17, 15) is 34.5 Å². The van der Waals surface area contributed by atoms with E-state index < -0.39 is 47.7 Å². The van der Waals surface area contributed by atoms with Gasteiger partial charge in [0.25, 0.3) is 0 Å². The number of carboxylic acid groups (broad SMARTS) is 4. The summed E-state index contributed by atoms with van der Waals surface area (Å²) in [6.45, 7) is -0.0600. The average Bonchev–Trinajstić information content (AvgIpc) is 2.58. The molecule has 0 aromatic heterocycles. The molecule has 4 N–H and O–H groups in total. The van der Waals surface area contributed by atoms with E-state index in [0.717, 1.165) is 0 Å². The maximum absolute atomic E-state index is 12.1. The molecule has 0 heterocycles. The van der Waals surface area contributed by atoms with Gasteiger partial charge < -0.3 is 20.4 Å². The van der Waals surface area contributed by atoms with Crippen molar-refractivity contribution in [3.8, 4) is 0 Å². The second kappa shape index (κ2) is 10.7. The number of unbranched alkanes of at least 4 members (excludes halogenated alkanes) is 1. The zero-order valence-corrected chi connectivity index (χ0v) is 14.7. The van der Waals surface area contributed by atoms with E-state index in [-0.39, 0.29) is 25.9 Å². The lowest BCUT2D eigenvalue weighted by atomic mass is 9.57. The highest BCUT2D eigenvalue weighted by Crippen LogP contribution is 2.50. The Morgan fingerprint density at radius 1 is 1.04 bits per heavy atom. The molecule has 1 saturated carbocycles. The predicted octanol–water partition coefficient (Wildman–Crippen LogP) is 2.15. The molecule has 11 heteroatoms. The molecule has 0 saturated heterocycles. The molecule has 0 aliphatic heterocycles. The minimum Gasteiger partial charge on any atom is -0.481 e. The lowest BCUT2D eigenvalue weighted by molar-refractivity contribution is -0.485. The van der Waals surface area contributed by atoms with Gasteiger partial charge in [0.15, 0.2) is 0 Å². The Morgan fingerprint density at radius 2 is 1.74 bits per heavy atom. The van der Waals surface area contributed by atoms with E-state index in [1.165, 1.54) is 0 Å². The summed E-state index contributed by atoms with van der Waals surface area (Å²) in [4.78, 5) is 53.2. The van der Waals surface area contributed by atoms with Crippen LogP contribution >= 0.6 is 0 Å². The summed E-state index contributed by atoms with van der Waals surface area (Å²) >= 11 is 0. The van der Waals surface area contributed by atoms with E-state index in [1.807, 2.05) is 0 Å². The first-order chi connectivity index (χ1) is 12.7. The molecule has 0 amide bonds. The van der Waals surface area contributed by atoms with Gasteiger partial charge in [-0.25, -0.2) is 9.68 Å². The first-order valence-electron chi connectivity index (χ1n) is 8.58. The quantitative estimate of drug-likeness (QED) is 0.217. The molecule has 154 valence electrons. The summed E-state index contributed by atoms with van der Waals surface area (Å²) in [5, 5.41) is 40.7. The van der Waals surface area contributed by atoms with E-state index in [1.54, 1.807) is 0 Å². The highest BCUT2D eigenvalue weighted by molar-refractivity contribution is 5.84. The maximum Gasteiger partial charge on any atom is 0.540 e. The zero-order chi connectivity index (χ0) is 20.4. The van der Waals surface area contributed by atoms with Crippen molar-refractivity contribution in [1.82, 2.24) is 0 Å². The maximum atomic E-state index is 12.1. The predicted molar refractivity (Wildman–Crippen MR) is 85.4 cm³/mol. The average molecular weight is 392 g/mol. The third-order valence-corrected chi connectivity index (χ3v) is 4.98. The van der Waals surface area contributed by atoms with Gasteiger partial charge in [-0.2, -0.15) is 4.89 Å². The molecule has 1 aliphatic rings. The highest BCUT2D eigenvalue weighted by atomic mass is 17.5. The fourth-order valence-corrected chi connectivity index (χ4v) is 3.85. The summed E-state index contributed by atoms with van der Waals surface area (Å²) in [7, 11) is 0. The Bertz CT molecular complexity index is 546. The number of rotatable bonds is 12. The van der Waals surface area contributed by atoms with Gasteiger partial charge in [-0.1, -0.05) is 19.3 Å². The van der Waals surface area contributed by atoms with Crippen LogP contribution in [0, 0.1) is 17.3 Å². The molecule has 0 aromatic carbocycles. The van der Waals surface area contributed by atoms with Crippen LogP contribution < -0.4 is 0 Å². The van der Waals surface area contributed by atoms with Crippen LogP contribution in [0.5, 0.6) is 0 Å². The molecular formula is C16H24O11. The van der Waals surface area contributed by atoms with Crippen molar-refractivity contribution in [1.29, 1.82) is 0 Å². The summed E-state index contributed by atoms with van der Waals surface area (Å²) in [5.41, 5.74) is -1.63. The van der Waals surface area contributed by atoms with Crippen molar-refractivity contribution in [3.05, 3.63) is 0 Å². The first kappa shape index (κ1) is 22.6. The third kappa shape index (κ3) is 6.36. The summed E-state index contributed by atoms with van der Waals surface area (Å²) in [6, 6.07) is 0. The monoisotopic (exact) mass is 392 g/mol. The molecule has 3 atom stereocenters. The Labute approximate surface area is 154 Å². The molecule has 0 spiro atoms. The standard InChI is InChI=1S/C16H24O11/c17-12(18)9-10(5-2-4-8-25-27-26-15(23)24)16(14(21)22)7-3-1-6-11(16)13(19)20/h10-11H,1-9H2,(H,17,18)(H,19,20)(H,21,22)(H,23,24). The Morgan fingerprint density at radius 3 is 2.30 bits per heavy atom. The molecule has 1 aliphatic carbocycles. The van der Waals surface area contributed by atoms with Crippen molar-refractivity contribution in [3.63, 3.8) is 0 Å². The van der Waals surface area contributed by atoms with Gasteiger partial charge in [-0.3, -0.25) is 14.4 Å². The Hall–Kier alpha value is -2.40. The number of carboxylic acids is 3. The zero-order valence-electron chi connectivity index (χ0n) is 14.7. The summed E-state index contributed by atoms with van der Waals surface area (Å²) in [6.07, 6.45) is 0.112. The van der Waals surface area contributed by atoms with E-state index >= 15 is 0 Å². The second-order valence-electron chi connectivity index (χ2n) is 6.51. The summed E-state index contributed by atoms with van der Waals surface area (Å²) < 4.78 is 0. The van der Waals surface area contributed by atoms with Crippen molar-refractivity contribution in [2.24, 2.45) is 17.3 Å². The van der Waals surface area contributed by atoms with Crippen LogP contribution in [0.15, 0.2) is 0 Å². The van der Waals surface area contributed by atoms with Crippen LogP contribution in [-0.4, -0.2) is 51.1 Å². The Balaban J connectivity index is 2.79. The van der Waals surface area contributed by atoms with Crippen LogP contribution in [0.4, 0.5) is 4.79 Å². The molecule has 11 nitrogen and oxygen atoms in total. The van der Waals surface area contributed by atoms with Gasteiger partial charge in [-0.15, -0.1) is 0 Å². The van der Waals surface area contributed by atoms with Gasteiger partial charge >= 0.3 is 24.1 Å². The fraction of sp³-hybridized carbons (Fsp3) is 0.750. The van der Waals surface area contributed by atoms with E-state index in [0.29, 0.717) is 25.7 Å². The molecule has 3 unspecified atom stereocenters. The smallest absolute Gasteiger partial charge is 0.481 e. The molecule has 1 fully saturated rings. The molecular weight excluding hydrogens is 368 g/mol. The molecule has 0 bridgehead atoms. The van der Waals surface area contributed by atoms with Gasteiger partial charge in [0.2, 0.25) is 0 Å². The molecule has 0 aromatic rings. The highest BCUT2D eigenvalue weighted by Gasteiger charge is 2.55. The van der Waals surface area contributed by atoms with E-state index in [4.69, 9.17) is 5.11 Å². The lowest BCUT2D eigenvalue weighted by Gasteiger charge is -2.44. The Kier molecular flexibility index (Phi) is 8.95. The SMILES string of the molecule is O=C(O)CC(CCCCOOOC(=O)O)C1(C(=O)O)CCCCC1C(=O)O. The van der Waals surface area contributed by atoms with Crippen LogP contribution in [0.1, 0.15) is 51.4 Å². The van der Waals surface area contributed by atoms with Gasteiger partial charge in [0, 0.05) is 6.42 Å². The molecule has 1 rings (SSSR count). The molecule has 0 radical (unpaired) electrons. The van der Waals surface area contributed by atoms with Crippen molar-refractivity contribution < 1.29 is 54.4 Å². The minimum atomic E-state index is -1.68. The normalized spacial score (nSPS) is 23.3. The number of hydrogen-bond donors (Lipinski definition) is 4. The van der Waals surface area contributed by atoms with Crippen molar-refractivity contribution in [2.45, 2.75) is 51.4 Å². The van der Waals surface area contributed by atoms with Gasteiger partial charge in [0.1, 0.15) is 0 Å². The first-order valence-corrected chi connectivity index (χ1v) is 8.58. The minimum absolute atomic E-state index is 0.0600. The van der Waals surface area contributed by atoms with Crippen molar-refractivity contribution >= 4 is 24.1 Å². The molecule has 27 heavy (non-hydrogen) atoms. The number of aliphatic carboxylic acids is 3. The lowest BCUT2D eigenvalue weighted by Crippen LogP contribution is -2.50. The summed E-state index contributed by atoms with van der Waals surface area (Å²) in [5.74, 6) is -5.70. The van der Waals surface area contributed by atoms with Crippen LogP contribution in [0.3, 0.4) is 0 Å². The topological polar surface area (TPSA) is 177 Å². The number of carbonyl (C=O) groups is 4.